The van der Waals surface area contributed by atoms with Crippen molar-refractivity contribution >= 4 is 45.7 Å². The Hall–Kier alpha value is -3.52. The van der Waals surface area contributed by atoms with Gasteiger partial charge in [-0.05, 0) is 49.1 Å². The van der Waals surface area contributed by atoms with E-state index < -0.39 is 5.92 Å². The van der Waals surface area contributed by atoms with Crippen LogP contribution in [0.1, 0.15) is 29.3 Å². The largest absolute Gasteiger partial charge is 0.310 e. The number of fused-ring (bicyclic) bond motifs is 1. The minimum atomic E-state index is -0.396. The molecule has 156 valence electrons. The molecule has 2 atom stereocenters. The van der Waals surface area contributed by atoms with Crippen LogP contribution in [0.15, 0.2) is 60.1 Å². The highest BCUT2D eigenvalue weighted by Crippen LogP contribution is 2.42. The van der Waals surface area contributed by atoms with Crippen molar-refractivity contribution in [3.63, 3.8) is 0 Å². The predicted octanol–water partition coefficient (Wildman–Crippen LogP) is 4.45. The van der Waals surface area contributed by atoms with Crippen LogP contribution in [-0.2, 0) is 9.59 Å². The molecule has 4 heterocycles. The number of rotatable bonds is 4. The molecule has 7 nitrogen and oxygen atoms in total. The van der Waals surface area contributed by atoms with Crippen LogP contribution in [-0.4, -0.2) is 27.0 Å². The smallest absolute Gasteiger partial charge is 0.231 e. The van der Waals surface area contributed by atoms with E-state index in [0.29, 0.717) is 24.3 Å². The first-order valence-corrected chi connectivity index (χ1v) is 11.0. The van der Waals surface area contributed by atoms with E-state index in [-0.39, 0.29) is 17.9 Å². The number of piperidine rings is 1. The highest BCUT2D eigenvalue weighted by molar-refractivity contribution is 7.10. The Morgan fingerprint density at radius 1 is 1.19 bits per heavy atom. The van der Waals surface area contributed by atoms with E-state index in [0.717, 1.165) is 21.5 Å². The van der Waals surface area contributed by atoms with Crippen molar-refractivity contribution in [3.8, 4) is 0 Å². The van der Waals surface area contributed by atoms with Gasteiger partial charge in [0, 0.05) is 23.2 Å². The summed E-state index contributed by atoms with van der Waals surface area (Å²) in [6, 6.07) is 15.1. The molecule has 4 aromatic rings. The first-order chi connectivity index (χ1) is 15.1. The molecule has 2 amide bonds. The second-order valence-corrected chi connectivity index (χ2v) is 8.65. The van der Waals surface area contributed by atoms with E-state index in [1.54, 1.807) is 28.5 Å². The number of carbonyl (C=O) groups excluding carboxylic acids is 2. The molecule has 31 heavy (non-hydrogen) atoms. The minimum Gasteiger partial charge on any atom is -0.310 e. The van der Waals surface area contributed by atoms with Crippen molar-refractivity contribution in [2.24, 2.45) is 5.92 Å². The number of nitrogens with zero attached hydrogens (tertiary/aromatic N) is 3. The molecule has 1 aliphatic heterocycles. The van der Waals surface area contributed by atoms with Crippen LogP contribution < -0.4 is 10.2 Å². The number of aromatic amines is 1. The summed E-state index contributed by atoms with van der Waals surface area (Å²) in [7, 11) is 0. The van der Waals surface area contributed by atoms with Gasteiger partial charge in [0.2, 0.25) is 11.8 Å². The van der Waals surface area contributed by atoms with Crippen LogP contribution in [0.4, 0.5) is 11.5 Å². The zero-order valence-corrected chi connectivity index (χ0v) is 17.7. The summed E-state index contributed by atoms with van der Waals surface area (Å²) in [5.41, 5.74) is 2.48. The van der Waals surface area contributed by atoms with Crippen LogP contribution in [0, 0.1) is 12.8 Å². The SMILES string of the molecule is Cc1ccc(N2C(=O)CCC(C(=O)Nc3[nH]nc4ncccc34)C2c2cccs2)cc1. The lowest BCUT2D eigenvalue weighted by Gasteiger charge is -2.40. The summed E-state index contributed by atoms with van der Waals surface area (Å²) in [6.07, 6.45) is 2.47. The first kappa shape index (κ1) is 19.4. The predicted molar refractivity (Wildman–Crippen MR) is 121 cm³/mol. The zero-order valence-electron chi connectivity index (χ0n) is 16.9. The number of amides is 2. The number of aromatic nitrogens is 3. The number of H-pyrrole nitrogens is 1. The third-order valence-electron chi connectivity index (χ3n) is 5.66. The molecular formula is C23H21N5O2S. The maximum atomic E-state index is 13.4. The summed E-state index contributed by atoms with van der Waals surface area (Å²) < 4.78 is 0. The van der Waals surface area contributed by atoms with Crippen molar-refractivity contribution in [3.05, 3.63) is 70.5 Å². The summed E-state index contributed by atoms with van der Waals surface area (Å²) in [5.74, 6) is 0.0180. The topological polar surface area (TPSA) is 91.0 Å². The molecule has 1 fully saturated rings. The molecule has 0 aliphatic carbocycles. The van der Waals surface area contributed by atoms with Gasteiger partial charge < -0.3 is 10.2 Å². The fraction of sp³-hybridized carbons (Fsp3) is 0.217. The number of hydrogen-bond acceptors (Lipinski definition) is 5. The molecular weight excluding hydrogens is 410 g/mol. The number of nitrogens with one attached hydrogen (secondary N) is 2. The normalized spacial score (nSPS) is 19.0. The highest BCUT2D eigenvalue weighted by Gasteiger charge is 2.42. The molecule has 3 aromatic heterocycles. The van der Waals surface area contributed by atoms with E-state index in [1.807, 2.05) is 54.8 Å². The van der Waals surface area contributed by atoms with Gasteiger partial charge in [0.05, 0.1) is 17.3 Å². The molecule has 0 saturated carbocycles. The van der Waals surface area contributed by atoms with Gasteiger partial charge >= 0.3 is 0 Å². The van der Waals surface area contributed by atoms with Crippen LogP contribution >= 0.6 is 11.3 Å². The number of anilines is 2. The maximum absolute atomic E-state index is 13.4. The van der Waals surface area contributed by atoms with Crippen LogP contribution in [0.2, 0.25) is 0 Å². The average molecular weight is 432 g/mol. The second-order valence-electron chi connectivity index (χ2n) is 7.67. The van der Waals surface area contributed by atoms with E-state index >= 15 is 0 Å². The Labute approximate surface area is 183 Å². The van der Waals surface area contributed by atoms with Crippen molar-refractivity contribution < 1.29 is 9.59 Å². The number of thiophene rings is 1. The van der Waals surface area contributed by atoms with Crippen molar-refractivity contribution in [1.82, 2.24) is 15.2 Å². The second kappa shape index (κ2) is 7.96. The van der Waals surface area contributed by atoms with Gasteiger partial charge in [0.15, 0.2) is 5.65 Å². The molecule has 2 N–H and O–H groups in total. The molecule has 8 heteroatoms. The van der Waals surface area contributed by atoms with E-state index in [4.69, 9.17) is 0 Å². The third-order valence-corrected chi connectivity index (χ3v) is 6.60. The molecule has 0 bridgehead atoms. The van der Waals surface area contributed by atoms with Crippen molar-refractivity contribution in [1.29, 1.82) is 0 Å². The fourth-order valence-corrected chi connectivity index (χ4v) is 5.00. The van der Waals surface area contributed by atoms with E-state index in [1.165, 1.54) is 0 Å². The van der Waals surface area contributed by atoms with E-state index in [9.17, 15) is 9.59 Å². The van der Waals surface area contributed by atoms with Crippen molar-refractivity contribution in [2.75, 3.05) is 10.2 Å². The summed E-state index contributed by atoms with van der Waals surface area (Å²) in [4.78, 5) is 33.4. The lowest BCUT2D eigenvalue weighted by Crippen LogP contribution is -2.46. The standard InChI is InChI=1S/C23H21N5O2S/c1-14-6-8-15(9-7-14)28-19(29)11-10-16(20(28)18-5-3-13-31-18)23(30)25-22-17-4-2-12-24-21(17)26-27-22/h2-9,12-13,16,20H,10-11H2,1H3,(H2,24,25,26,27,30). The Morgan fingerprint density at radius 2 is 2.03 bits per heavy atom. The van der Waals surface area contributed by atoms with Gasteiger partial charge in [-0.25, -0.2) is 4.98 Å². The average Bonchev–Trinajstić information content (AvgIpc) is 3.45. The number of benzene rings is 1. The maximum Gasteiger partial charge on any atom is 0.231 e. The minimum absolute atomic E-state index is 0.0301. The number of carbonyl (C=O) groups is 2. The third kappa shape index (κ3) is 3.59. The van der Waals surface area contributed by atoms with Gasteiger partial charge in [-0.1, -0.05) is 23.8 Å². The lowest BCUT2D eigenvalue weighted by atomic mass is 9.86. The lowest BCUT2D eigenvalue weighted by molar-refractivity contribution is -0.125. The number of pyridine rings is 1. The Kier molecular flexibility index (Phi) is 4.99. The van der Waals surface area contributed by atoms with Gasteiger partial charge in [-0.15, -0.1) is 11.3 Å². The summed E-state index contributed by atoms with van der Waals surface area (Å²) in [5, 5.41) is 12.7. The molecule has 0 spiro atoms. The summed E-state index contributed by atoms with van der Waals surface area (Å²) >= 11 is 1.56. The molecule has 1 aliphatic rings. The number of hydrogen-bond donors (Lipinski definition) is 2. The van der Waals surface area contributed by atoms with Gasteiger partial charge in [0.25, 0.3) is 0 Å². The molecule has 5 rings (SSSR count). The summed E-state index contributed by atoms with van der Waals surface area (Å²) in [6.45, 7) is 2.01. The van der Waals surface area contributed by atoms with Crippen LogP contribution in [0.3, 0.4) is 0 Å². The van der Waals surface area contributed by atoms with Gasteiger partial charge in [0.1, 0.15) is 5.82 Å². The van der Waals surface area contributed by atoms with Crippen LogP contribution in [0.5, 0.6) is 0 Å². The molecule has 0 radical (unpaired) electrons. The molecule has 2 unspecified atom stereocenters. The highest BCUT2D eigenvalue weighted by atomic mass is 32.1. The Morgan fingerprint density at radius 3 is 2.81 bits per heavy atom. The monoisotopic (exact) mass is 431 g/mol. The first-order valence-electron chi connectivity index (χ1n) is 10.1. The zero-order chi connectivity index (χ0) is 21.4. The van der Waals surface area contributed by atoms with Crippen molar-refractivity contribution in [2.45, 2.75) is 25.8 Å². The fourth-order valence-electron chi connectivity index (χ4n) is 4.12. The van der Waals surface area contributed by atoms with E-state index in [2.05, 4.69) is 20.5 Å². The quantitative estimate of drug-likeness (QED) is 0.499. The van der Waals surface area contributed by atoms with Crippen LogP contribution in [0.25, 0.3) is 11.0 Å². The number of aryl methyl sites for hydroxylation is 1. The van der Waals surface area contributed by atoms with Gasteiger partial charge in [-0.3, -0.25) is 14.7 Å². The van der Waals surface area contributed by atoms with Gasteiger partial charge in [-0.2, -0.15) is 5.10 Å². The Balaban J connectivity index is 1.51. The molecule has 1 aromatic carbocycles. The Bertz CT molecular complexity index is 1230. The molecule has 1 saturated heterocycles.